The van der Waals surface area contributed by atoms with Gasteiger partial charge in [0.05, 0.1) is 12.8 Å². The molecule has 0 radical (unpaired) electrons. The Bertz CT molecular complexity index is 1080. The zero-order chi connectivity index (χ0) is 20.8. The molecule has 3 aromatic rings. The molecule has 0 saturated carbocycles. The fourth-order valence-electron chi connectivity index (χ4n) is 3.81. The zero-order valence-electron chi connectivity index (χ0n) is 15.4. The average Bonchev–Trinajstić information content (AvgIpc) is 3.26. The summed E-state index contributed by atoms with van der Waals surface area (Å²) >= 11 is 9.69. The molecule has 0 saturated heterocycles. The van der Waals surface area contributed by atoms with Crippen LogP contribution in [0, 0.1) is 6.92 Å². The van der Waals surface area contributed by atoms with E-state index in [1.54, 1.807) is 16.8 Å². The van der Waals surface area contributed by atoms with Crippen LogP contribution >= 0.6 is 27.5 Å². The summed E-state index contributed by atoms with van der Waals surface area (Å²) < 4.78 is 46.6. The van der Waals surface area contributed by atoms with E-state index in [1.807, 2.05) is 13.0 Å². The van der Waals surface area contributed by atoms with Crippen molar-refractivity contribution in [1.82, 2.24) is 14.6 Å². The van der Waals surface area contributed by atoms with Crippen molar-refractivity contribution < 1.29 is 17.6 Å². The van der Waals surface area contributed by atoms with Gasteiger partial charge in [-0.25, -0.2) is 4.52 Å². The van der Waals surface area contributed by atoms with Gasteiger partial charge in [0.25, 0.3) is 0 Å². The molecule has 0 amide bonds. The first-order valence-corrected chi connectivity index (χ1v) is 10.2. The van der Waals surface area contributed by atoms with Crippen LogP contribution in [0.1, 0.15) is 42.1 Å². The predicted molar refractivity (Wildman–Crippen MR) is 107 cm³/mol. The molecule has 0 aromatic carbocycles. The number of allylic oxidation sites excluding steroid dienone is 2. The molecule has 10 heteroatoms. The van der Waals surface area contributed by atoms with E-state index in [2.05, 4.69) is 31.3 Å². The van der Waals surface area contributed by atoms with Crippen molar-refractivity contribution >= 4 is 38.9 Å². The minimum atomic E-state index is -4.26. The van der Waals surface area contributed by atoms with Gasteiger partial charge < -0.3 is 9.73 Å². The topological polar surface area (TPSA) is 55.4 Å². The Morgan fingerprint density at radius 1 is 1.41 bits per heavy atom. The average molecular weight is 490 g/mol. The molecule has 1 N–H and O–H groups in total. The Kier molecular flexibility index (Phi) is 5.37. The summed E-state index contributed by atoms with van der Waals surface area (Å²) in [5.74, 6) is 1.22. The first-order valence-electron chi connectivity index (χ1n) is 9.02. The van der Waals surface area contributed by atoms with Crippen molar-refractivity contribution in [3.8, 4) is 0 Å². The molecular formula is C19H17BrClF3N4O. The highest BCUT2D eigenvalue weighted by Crippen LogP contribution is 2.44. The van der Waals surface area contributed by atoms with Crippen LogP contribution in [0.15, 0.2) is 39.1 Å². The van der Waals surface area contributed by atoms with E-state index in [9.17, 15) is 13.2 Å². The quantitative estimate of drug-likeness (QED) is 0.430. The van der Waals surface area contributed by atoms with Gasteiger partial charge in [-0.1, -0.05) is 6.08 Å². The molecule has 3 heterocycles. The monoisotopic (exact) mass is 488 g/mol. The molecule has 0 spiro atoms. The molecular weight excluding hydrogens is 473 g/mol. The molecule has 1 aliphatic carbocycles. The van der Waals surface area contributed by atoms with E-state index >= 15 is 0 Å². The minimum absolute atomic E-state index is 0.00226. The Labute approximate surface area is 178 Å². The largest absolute Gasteiger partial charge is 0.467 e. The Hall–Kier alpha value is -2.00. The second-order valence-electron chi connectivity index (χ2n) is 6.95. The van der Waals surface area contributed by atoms with Crippen LogP contribution < -0.4 is 5.32 Å². The number of anilines is 1. The van der Waals surface area contributed by atoms with E-state index in [4.69, 9.17) is 16.0 Å². The van der Waals surface area contributed by atoms with Crippen LogP contribution in [0.25, 0.3) is 5.52 Å². The van der Waals surface area contributed by atoms with Crippen molar-refractivity contribution in [2.75, 3.05) is 5.32 Å². The lowest BCUT2D eigenvalue weighted by molar-refractivity contribution is -0.0952. The second-order valence-corrected chi connectivity index (χ2v) is 8.04. The fourth-order valence-corrected chi connectivity index (χ4v) is 4.85. The molecule has 4 rings (SSSR count). The number of hydrogen-bond acceptors (Lipinski definition) is 4. The van der Waals surface area contributed by atoms with Gasteiger partial charge in [-0.2, -0.15) is 18.2 Å². The predicted octanol–water partition coefficient (Wildman–Crippen LogP) is 6.41. The normalized spacial score (nSPS) is 17.6. The van der Waals surface area contributed by atoms with Gasteiger partial charge in [0.1, 0.15) is 15.9 Å². The number of nitrogens with one attached hydrogen (secondary N) is 1. The molecule has 29 heavy (non-hydrogen) atoms. The minimum Gasteiger partial charge on any atom is -0.467 e. The summed E-state index contributed by atoms with van der Waals surface area (Å²) in [6, 6.07) is 3.63. The number of furan rings is 1. The summed E-state index contributed by atoms with van der Waals surface area (Å²) in [5, 5.41) is 7.55. The number of nitrogens with zero attached hydrogens (tertiary/aromatic N) is 3. The summed E-state index contributed by atoms with van der Waals surface area (Å²) in [4.78, 5) is 4.30. The van der Waals surface area contributed by atoms with Crippen LogP contribution in [0.3, 0.4) is 0 Å². The molecule has 0 aliphatic heterocycles. The maximum atomic E-state index is 13.0. The van der Waals surface area contributed by atoms with E-state index in [0.717, 1.165) is 22.4 Å². The third-order valence-electron chi connectivity index (χ3n) is 5.18. The maximum Gasteiger partial charge on any atom is 0.412 e. The zero-order valence-corrected chi connectivity index (χ0v) is 17.7. The SMILES string of the molecule is Cc1c(C2CC=C(C(F)(F)F)CC2)c(Br)n2nc(Cl)nc(NCc3ccco3)c12. The first kappa shape index (κ1) is 20.3. The van der Waals surface area contributed by atoms with E-state index in [1.165, 1.54) is 6.08 Å². The molecule has 0 fully saturated rings. The Morgan fingerprint density at radius 3 is 2.83 bits per heavy atom. The lowest BCUT2D eigenvalue weighted by atomic mass is 9.84. The Balaban J connectivity index is 1.71. The molecule has 1 unspecified atom stereocenters. The third-order valence-corrected chi connectivity index (χ3v) is 6.11. The van der Waals surface area contributed by atoms with Crippen LogP contribution in [-0.2, 0) is 6.54 Å². The van der Waals surface area contributed by atoms with Gasteiger partial charge in [0.15, 0.2) is 5.82 Å². The van der Waals surface area contributed by atoms with Crippen LogP contribution in [0.5, 0.6) is 0 Å². The number of alkyl halides is 3. The lowest BCUT2D eigenvalue weighted by Gasteiger charge is -2.23. The summed E-state index contributed by atoms with van der Waals surface area (Å²) in [6.07, 6.45) is -0.633. The second kappa shape index (κ2) is 7.68. The molecule has 0 bridgehead atoms. The summed E-state index contributed by atoms with van der Waals surface area (Å²) in [5.41, 5.74) is 2.12. The smallest absolute Gasteiger partial charge is 0.412 e. The summed E-state index contributed by atoms with van der Waals surface area (Å²) in [7, 11) is 0. The van der Waals surface area contributed by atoms with Crippen LogP contribution in [0.2, 0.25) is 5.28 Å². The Morgan fingerprint density at radius 2 is 2.21 bits per heavy atom. The van der Waals surface area contributed by atoms with Crippen molar-refractivity contribution in [3.05, 3.63) is 56.8 Å². The van der Waals surface area contributed by atoms with Gasteiger partial charge in [-0.15, -0.1) is 5.10 Å². The highest BCUT2D eigenvalue weighted by Gasteiger charge is 2.36. The van der Waals surface area contributed by atoms with Gasteiger partial charge in [-0.3, -0.25) is 0 Å². The number of aromatic nitrogens is 3. The number of fused-ring (bicyclic) bond motifs is 1. The number of rotatable bonds is 4. The van der Waals surface area contributed by atoms with Gasteiger partial charge in [0, 0.05) is 5.57 Å². The molecule has 5 nitrogen and oxygen atoms in total. The van der Waals surface area contributed by atoms with Gasteiger partial charge in [0.2, 0.25) is 5.28 Å². The maximum absolute atomic E-state index is 13.0. The van der Waals surface area contributed by atoms with E-state index in [0.29, 0.717) is 29.8 Å². The molecule has 3 aromatic heterocycles. The number of aryl methyl sites for hydroxylation is 1. The van der Waals surface area contributed by atoms with Crippen molar-refractivity contribution in [2.45, 2.75) is 44.8 Å². The van der Waals surface area contributed by atoms with Crippen molar-refractivity contribution in [2.24, 2.45) is 0 Å². The summed E-state index contributed by atoms with van der Waals surface area (Å²) in [6.45, 7) is 2.34. The number of halogens is 5. The highest BCUT2D eigenvalue weighted by molar-refractivity contribution is 9.10. The third kappa shape index (κ3) is 3.90. The molecule has 1 aliphatic rings. The lowest BCUT2D eigenvalue weighted by Crippen LogP contribution is -2.17. The van der Waals surface area contributed by atoms with Gasteiger partial charge in [-0.05, 0) is 82.9 Å². The van der Waals surface area contributed by atoms with E-state index < -0.39 is 11.7 Å². The van der Waals surface area contributed by atoms with Crippen LogP contribution in [-0.4, -0.2) is 20.8 Å². The molecule has 1 atom stereocenters. The highest BCUT2D eigenvalue weighted by atomic mass is 79.9. The first-order chi connectivity index (χ1) is 13.8. The van der Waals surface area contributed by atoms with Crippen molar-refractivity contribution in [1.29, 1.82) is 0 Å². The molecule has 154 valence electrons. The standard InChI is InChI=1S/C19H17BrClF3N4O/c1-10-14(11-4-6-12(7-5-11)19(22,23)24)16(20)28-15(10)17(26-18(21)27-28)25-9-13-3-2-8-29-13/h2-3,6,8,11H,4-5,7,9H2,1H3,(H,25,26,27). The van der Waals surface area contributed by atoms with Crippen molar-refractivity contribution in [3.63, 3.8) is 0 Å². The fraction of sp³-hybridized carbons (Fsp3) is 0.368. The van der Waals surface area contributed by atoms with Gasteiger partial charge >= 0.3 is 6.18 Å². The van der Waals surface area contributed by atoms with Crippen LogP contribution in [0.4, 0.5) is 19.0 Å². The number of hydrogen-bond donors (Lipinski definition) is 1. The van der Waals surface area contributed by atoms with E-state index in [-0.39, 0.29) is 17.6 Å².